The molecule has 0 saturated heterocycles. The number of nitrogens with one attached hydrogen (secondary N) is 1. The van der Waals surface area contributed by atoms with Crippen LogP contribution in [-0.4, -0.2) is 20.7 Å². The smallest absolute Gasteiger partial charge is 0.231 e. The van der Waals surface area contributed by atoms with Crippen LogP contribution in [0.25, 0.3) is 11.5 Å². The highest BCUT2D eigenvalue weighted by molar-refractivity contribution is 5.91. The zero-order chi connectivity index (χ0) is 19.3. The van der Waals surface area contributed by atoms with Gasteiger partial charge in [-0.25, -0.2) is 9.67 Å². The van der Waals surface area contributed by atoms with Gasteiger partial charge in [0.1, 0.15) is 12.1 Å². The summed E-state index contributed by atoms with van der Waals surface area (Å²) in [5.74, 6) is 1.01. The maximum Gasteiger partial charge on any atom is 0.231 e. The normalized spacial score (nSPS) is 10.8. The minimum atomic E-state index is -0.165. The molecule has 4 rings (SSSR count). The molecule has 0 aliphatic carbocycles. The van der Waals surface area contributed by atoms with E-state index in [2.05, 4.69) is 15.4 Å². The van der Waals surface area contributed by atoms with Crippen LogP contribution in [0.1, 0.15) is 17.0 Å². The van der Waals surface area contributed by atoms with Crippen LogP contribution in [0.2, 0.25) is 0 Å². The molecule has 6 nitrogen and oxygen atoms in total. The lowest BCUT2D eigenvalue weighted by Gasteiger charge is -2.08. The summed E-state index contributed by atoms with van der Waals surface area (Å²) >= 11 is 0. The van der Waals surface area contributed by atoms with Gasteiger partial charge in [0.15, 0.2) is 0 Å². The third-order valence-corrected chi connectivity index (χ3v) is 4.26. The number of aryl methyl sites for hydroxylation is 1. The fourth-order valence-corrected chi connectivity index (χ4v) is 2.98. The van der Waals surface area contributed by atoms with E-state index in [1.165, 1.54) is 6.26 Å². The van der Waals surface area contributed by atoms with E-state index in [4.69, 9.17) is 4.42 Å². The SMILES string of the molecule is Cc1cc(NC(=O)Cc2coc(-c3ccccc3)n2)n(Cc2ccccc2)n1. The number of hydrogen-bond acceptors (Lipinski definition) is 4. The summed E-state index contributed by atoms with van der Waals surface area (Å²) in [6.45, 7) is 2.49. The summed E-state index contributed by atoms with van der Waals surface area (Å²) in [6.07, 6.45) is 1.65. The predicted octanol–water partition coefficient (Wildman–Crippen LogP) is 4.08. The molecule has 0 saturated carbocycles. The second-order valence-electron chi connectivity index (χ2n) is 6.55. The van der Waals surface area contributed by atoms with E-state index < -0.39 is 0 Å². The number of aromatic nitrogens is 3. The number of amides is 1. The second-order valence-corrected chi connectivity index (χ2v) is 6.55. The molecule has 4 aromatic rings. The van der Waals surface area contributed by atoms with E-state index in [1.807, 2.05) is 73.7 Å². The van der Waals surface area contributed by atoms with Crippen LogP contribution in [0, 0.1) is 6.92 Å². The average Bonchev–Trinajstić information content (AvgIpc) is 3.30. The minimum absolute atomic E-state index is 0.131. The van der Waals surface area contributed by atoms with Gasteiger partial charge in [0, 0.05) is 11.6 Å². The number of benzene rings is 2. The van der Waals surface area contributed by atoms with Gasteiger partial charge in [0.05, 0.1) is 24.4 Å². The Bertz CT molecular complexity index is 1070. The lowest BCUT2D eigenvalue weighted by molar-refractivity contribution is -0.115. The number of anilines is 1. The van der Waals surface area contributed by atoms with E-state index in [0.29, 0.717) is 23.9 Å². The van der Waals surface area contributed by atoms with Crippen molar-refractivity contribution in [3.63, 3.8) is 0 Å². The standard InChI is InChI=1S/C22H20N4O2/c1-16-12-20(26(25-16)14-17-8-4-2-5-9-17)24-21(27)13-19-15-28-22(23-19)18-10-6-3-7-11-18/h2-12,15H,13-14H2,1H3,(H,24,27). The molecule has 28 heavy (non-hydrogen) atoms. The van der Waals surface area contributed by atoms with Crippen LogP contribution in [0.15, 0.2) is 77.4 Å². The number of rotatable bonds is 6. The first kappa shape index (κ1) is 17.7. The molecule has 0 spiro atoms. The molecule has 2 aromatic carbocycles. The molecule has 0 fully saturated rings. The number of carbonyl (C=O) groups excluding carboxylic acids is 1. The largest absolute Gasteiger partial charge is 0.444 e. The summed E-state index contributed by atoms with van der Waals surface area (Å²) in [7, 11) is 0. The molecule has 0 radical (unpaired) electrons. The van der Waals surface area contributed by atoms with Crippen molar-refractivity contribution in [2.24, 2.45) is 0 Å². The Hall–Kier alpha value is -3.67. The van der Waals surface area contributed by atoms with Crippen molar-refractivity contribution in [2.45, 2.75) is 19.9 Å². The lowest BCUT2D eigenvalue weighted by Crippen LogP contribution is -2.18. The average molecular weight is 372 g/mol. The molecular formula is C22H20N4O2. The molecule has 2 heterocycles. The van der Waals surface area contributed by atoms with Gasteiger partial charge in [-0.3, -0.25) is 4.79 Å². The first-order chi connectivity index (χ1) is 13.7. The Kier molecular flexibility index (Phi) is 5.01. The third kappa shape index (κ3) is 4.17. The topological polar surface area (TPSA) is 73.0 Å². The van der Waals surface area contributed by atoms with Gasteiger partial charge in [0.2, 0.25) is 11.8 Å². The number of oxazole rings is 1. The molecular weight excluding hydrogens is 352 g/mol. The highest BCUT2D eigenvalue weighted by Gasteiger charge is 2.13. The molecule has 0 unspecified atom stereocenters. The Labute approximate surface area is 162 Å². The van der Waals surface area contributed by atoms with Gasteiger partial charge in [-0.2, -0.15) is 5.10 Å². The van der Waals surface area contributed by atoms with Gasteiger partial charge < -0.3 is 9.73 Å². The summed E-state index contributed by atoms with van der Waals surface area (Å²) in [4.78, 5) is 16.9. The number of hydrogen-bond donors (Lipinski definition) is 1. The molecule has 1 amide bonds. The summed E-state index contributed by atoms with van der Waals surface area (Å²) in [5.41, 5.74) is 3.43. The highest BCUT2D eigenvalue weighted by atomic mass is 16.3. The van der Waals surface area contributed by atoms with E-state index >= 15 is 0 Å². The minimum Gasteiger partial charge on any atom is -0.444 e. The number of nitrogens with zero attached hydrogens (tertiary/aromatic N) is 3. The van der Waals surface area contributed by atoms with E-state index in [1.54, 1.807) is 4.68 Å². The molecule has 2 aromatic heterocycles. The second kappa shape index (κ2) is 7.92. The van der Waals surface area contributed by atoms with Gasteiger partial charge in [-0.05, 0) is 24.6 Å². The van der Waals surface area contributed by atoms with Crippen LogP contribution in [0.3, 0.4) is 0 Å². The van der Waals surface area contributed by atoms with Crippen molar-refractivity contribution < 1.29 is 9.21 Å². The van der Waals surface area contributed by atoms with E-state index in [0.717, 1.165) is 16.8 Å². The van der Waals surface area contributed by atoms with Crippen LogP contribution in [-0.2, 0) is 17.8 Å². The first-order valence-electron chi connectivity index (χ1n) is 9.05. The Morgan fingerprint density at radius 3 is 2.54 bits per heavy atom. The molecule has 0 atom stereocenters. The van der Waals surface area contributed by atoms with Crippen LogP contribution >= 0.6 is 0 Å². The van der Waals surface area contributed by atoms with Gasteiger partial charge >= 0.3 is 0 Å². The predicted molar refractivity (Wildman–Crippen MR) is 107 cm³/mol. The van der Waals surface area contributed by atoms with Crippen molar-refractivity contribution in [1.29, 1.82) is 0 Å². The van der Waals surface area contributed by atoms with Crippen LogP contribution in [0.5, 0.6) is 0 Å². The van der Waals surface area contributed by atoms with Gasteiger partial charge in [0.25, 0.3) is 0 Å². The van der Waals surface area contributed by atoms with Crippen molar-refractivity contribution in [3.05, 3.63) is 89.9 Å². The Morgan fingerprint density at radius 2 is 1.79 bits per heavy atom. The fourth-order valence-electron chi connectivity index (χ4n) is 2.98. The quantitative estimate of drug-likeness (QED) is 0.554. The van der Waals surface area contributed by atoms with Crippen molar-refractivity contribution in [3.8, 4) is 11.5 Å². The van der Waals surface area contributed by atoms with E-state index in [9.17, 15) is 4.79 Å². The highest BCUT2D eigenvalue weighted by Crippen LogP contribution is 2.19. The molecule has 6 heteroatoms. The van der Waals surface area contributed by atoms with Crippen LogP contribution < -0.4 is 5.32 Å². The maximum atomic E-state index is 12.5. The first-order valence-corrected chi connectivity index (χ1v) is 9.05. The van der Waals surface area contributed by atoms with Crippen molar-refractivity contribution in [2.75, 3.05) is 5.32 Å². The van der Waals surface area contributed by atoms with Crippen molar-refractivity contribution in [1.82, 2.24) is 14.8 Å². The summed E-state index contributed by atoms with van der Waals surface area (Å²) in [6, 6.07) is 21.5. The maximum absolute atomic E-state index is 12.5. The van der Waals surface area contributed by atoms with Crippen molar-refractivity contribution >= 4 is 11.7 Å². The summed E-state index contributed by atoms with van der Waals surface area (Å²) in [5, 5.41) is 7.41. The third-order valence-electron chi connectivity index (χ3n) is 4.26. The molecule has 140 valence electrons. The molecule has 1 N–H and O–H groups in total. The zero-order valence-corrected chi connectivity index (χ0v) is 15.5. The van der Waals surface area contributed by atoms with E-state index in [-0.39, 0.29) is 12.3 Å². The number of carbonyl (C=O) groups is 1. The Balaban J connectivity index is 1.44. The van der Waals surface area contributed by atoms with Crippen LogP contribution in [0.4, 0.5) is 5.82 Å². The molecule has 0 aliphatic rings. The van der Waals surface area contributed by atoms with Gasteiger partial charge in [-0.15, -0.1) is 0 Å². The van der Waals surface area contributed by atoms with Gasteiger partial charge in [-0.1, -0.05) is 48.5 Å². The zero-order valence-electron chi connectivity index (χ0n) is 15.5. The Morgan fingerprint density at radius 1 is 1.07 bits per heavy atom. The lowest BCUT2D eigenvalue weighted by atomic mass is 10.2. The molecule has 0 aliphatic heterocycles. The molecule has 0 bridgehead atoms. The monoisotopic (exact) mass is 372 g/mol. The summed E-state index contributed by atoms with van der Waals surface area (Å²) < 4.78 is 7.29. The fraction of sp³-hybridized carbons (Fsp3) is 0.136.